The van der Waals surface area contributed by atoms with Crippen LogP contribution in [-0.2, 0) is 16.3 Å². The third-order valence-electron chi connectivity index (χ3n) is 4.40. The summed E-state index contributed by atoms with van der Waals surface area (Å²) >= 11 is 0. The molecule has 2 aromatic carbocycles. The van der Waals surface area contributed by atoms with Gasteiger partial charge in [-0.15, -0.1) is 0 Å². The number of nitrogens with one attached hydrogen (secondary N) is 1. The predicted molar refractivity (Wildman–Crippen MR) is 111 cm³/mol. The van der Waals surface area contributed by atoms with Crippen molar-refractivity contribution in [2.75, 3.05) is 11.6 Å². The summed E-state index contributed by atoms with van der Waals surface area (Å²) in [6, 6.07) is 15.7. The maximum absolute atomic E-state index is 11.9. The molecule has 152 valence electrons. The van der Waals surface area contributed by atoms with Gasteiger partial charge in [-0.05, 0) is 44.2 Å². The number of hydrogen-bond donors (Lipinski definition) is 1. The third-order valence-corrected chi connectivity index (χ3v) is 5.53. The standard InChI is InChI=1S/C20H22N4O4S/c1-14(12-17-13-15(2)22-23(17)16-8-5-4-6-9-16)21-18-10-7-11-19(29(3,27)28)20(18)24(25)26/h4-11,13-14,21H,12H2,1-3H3. The molecule has 1 aromatic heterocycles. The van der Waals surface area contributed by atoms with Crippen LogP contribution in [0.1, 0.15) is 18.3 Å². The van der Waals surface area contributed by atoms with Crippen molar-refractivity contribution >= 4 is 21.2 Å². The lowest BCUT2D eigenvalue weighted by atomic mass is 10.1. The maximum atomic E-state index is 11.9. The van der Waals surface area contributed by atoms with Crippen LogP contribution in [0.3, 0.4) is 0 Å². The highest BCUT2D eigenvalue weighted by atomic mass is 32.2. The number of rotatable bonds is 7. The van der Waals surface area contributed by atoms with Gasteiger partial charge in [-0.1, -0.05) is 24.3 Å². The highest BCUT2D eigenvalue weighted by Crippen LogP contribution is 2.32. The zero-order valence-electron chi connectivity index (χ0n) is 16.4. The van der Waals surface area contributed by atoms with Gasteiger partial charge in [0.05, 0.1) is 16.3 Å². The minimum Gasteiger partial charge on any atom is -0.377 e. The summed E-state index contributed by atoms with van der Waals surface area (Å²) in [5.74, 6) is 0. The molecule has 1 unspecified atom stereocenters. The SMILES string of the molecule is Cc1cc(CC(C)Nc2cccc(S(C)(=O)=O)c2[N+](=O)[O-])n(-c2ccccc2)n1. The van der Waals surface area contributed by atoms with Crippen LogP contribution in [0.15, 0.2) is 59.5 Å². The molecule has 0 saturated heterocycles. The van der Waals surface area contributed by atoms with Crippen LogP contribution in [0.25, 0.3) is 5.69 Å². The molecule has 3 aromatic rings. The first-order chi connectivity index (χ1) is 13.7. The summed E-state index contributed by atoms with van der Waals surface area (Å²) in [6.07, 6.45) is 1.50. The first-order valence-corrected chi connectivity index (χ1v) is 10.9. The van der Waals surface area contributed by atoms with Gasteiger partial charge in [-0.25, -0.2) is 13.1 Å². The van der Waals surface area contributed by atoms with E-state index in [1.807, 2.05) is 54.9 Å². The van der Waals surface area contributed by atoms with Gasteiger partial charge in [0.25, 0.3) is 0 Å². The summed E-state index contributed by atoms with van der Waals surface area (Å²) in [5, 5.41) is 19.2. The van der Waals surface area contributed by atoms with Crippen molar-refractivity contribution < 1.29 is 13.3 Å². The van der Waals surface area contributed by atoms with Crippen molar-refractivity contribution in [3.8, 4) is 5.69 Å². The number of aromatic nitrogens is 2. The van der Waals surface area contributed by atoms with Crippen LogP contribution in [0, 0.1) is 17.0 Å². The molecule has 29 heavy (non-hydrogen) atoms. The van der Waals surface area contributed by atoms with Crippen molar-refractivity contribution in [3.05, 3.63) is 76.1 Å². The van der Waals surface area contributed by atoms with Crippen molar-refractivity contribution in [1.29, 1.82) is 0 Å². The molecular formula is C20H22N4O4S. The molecule has 9 heteroatoms. The molecule has 3 rings (SSSR count). The lowest BCUT2D eigenvalue weighted by molar-refractivity contribution is -0.386. The van der Waals surface area contributed by atoms with E-state index in [1.165, 1.54) is 18.2 Å². The Hall–Kier alpha value is -3.20. The highest BCUT2D eigenvalue weighted by Gasteiger charge is 2.27. The second kappa shape index (κ2) is 8.04. The zero-order valence-corrected chi connectivity index (χ0v) is 17.2. The Morgan fingerprint density at radius 2 is 1.86 bits per heavy atom. The van der Waals surface area contributed by atoms with E-state index in [0.29, 0.717) is 6.42 Å². The summed E-state index contributed by atoms with van der Waals surface area (Å²) in [5.41, 5.74) is 2.46. The number of benzene rings is 2. The van der Waals surface area contributed by atoms with Gasteiger partial charge in [-0.2, -0.15) is 5.10 Å². The Morgan fingerprint density at radius 3 is 2.48 bits per heavy atom. The quantitative estimate of drug-likeness (QED) is 0.468. The molecule has 0 amide bonds. The Bertz CT molecular complexity index is 1140. The van der Waals surface area contributed by atoms with E-state index in [2.05, 4.69) is 10.4 Å². The van der Waals surface area contributed by atoms with Crippen LogP contribution in [0.5, 0.6) is 0 Å². The first-order valence-electron chi connectivity index (χ1n) is 9.02. The molecule has 1 N–H and O–H groups in total. The van der Waals surface area contributed by atoms with Gasteiger partial charge in [-0.3, -0.25) is 10.1 Å². The van der Waals surface area contributed by atoms with Crippen molar-refractivity contribution in [2.45, 2.75) is 31.2 Å². The average Bonchev–Trinajstić information content (AvgIpc) is 3.01. The molecule has 1 atom stereocenters. The number of sulfone groups is 1. The summed E-state index contributed by atoms with van der Waals surface area (Å²) in [4.78, 5) is 10.6. The fourth-order valence-electron chi connectivity index (χ4n) is 3.25. The van der Waals surface area contributed by atoms with Crippen molar-refractivity contribution in [2.24, 2.45) is 0 Å². The Balaban J connectivity index is 1.90. The third kappa shape index (κ3) is 4.62. The van der Waals surface area contributed by atoms with E-state index in [4.69, 9.17) is 0 Å². The molecule has 0 radical (unpaired) electrons. The molecule has 0 fully saturated rings. The van der Waals surface area contributed by atoms with E-state index in [0.717, 1.165) is 23.3 Å². The van der Waals surface area contributed by atoms with Crippen LogP contribution >= 0.6 is 0 Å². The summed E-state index contributed by atoms with van der Waals surface area (Å²) in [7, 11) is -3.73. The number of para-hydroxylation sites is 2. The summed E-state index contributed by atoms with van der Waals surface area (Å²) in [6.45, 7) is 3.79. The minimum absolute atomic E-state index is 0.174. The Labute approximate surface area is 169 Å². The van der Waals surface area contributed by atoms with Gasteiger partial charge in [0.1, 0.15) is 10.6 Å². The largest absolute Gasteiger partial charge is 0.377 e. The second-order valence-corrected chi connectivity index (χ2v) is 8.94. The number of hydrogen-bond acceptors (Lipinski definition) is 6. The lowest BCUT2D eigenvalue weighted by Crippen LogP contribution is -2.21. The number of aryl methyl sites for hydroxylation is 1. The fraction of sp³-hybridized carbons (Fsp3) is 0.250. The van der Waals surface area contributed by atoms with Crippen LogP contribution in [0.4, 0.5) is 11.4 Å². The van der Waals surface area contributed by atoms with Crippen molar-refractivity contribution in [3.63, 3.8) is 0 Å². The van der Waals surface area contributed by atoms with Crippen molar-refractivity contribution in [1.82, 2.24) is 9.78 Å². The number of nitro groups is 1. The zero-order chi connectivity index (χ0) is 21.2. The normalized spacial score (nSPS) is 12.5. The number of nitrogens with zero attached hydrogens (tertiary/aromatic N) is 3. The molecule has 0 aliphatic rings. The monoisotopic (exact) mass is 414 g/mol. The van der Waals surface area contributed by atoms with Gasteiger partial charge >= 0.3 is 5.69 Å². The highest BCUT2D eigenvalue weighted by molar-refractivity contribution is 7.90. The van der Waals surface area contributed by atoms with Gasteiger partial charge in [0, 0.05) is 24.4 Å². The number of nitro benzene ring substituents is 1. The molecule has 0 bridgehead atoms. The molecule has 0 aliphatic heterocycles. The molecular weight excluding hydrogens is 392 g/mol. The average molecular weight is 414 g/mol. The lowest BCUT2D eigenvalue weighted by Gasteiger charge is -2.17. The first kappa shape index (κ1) is 20.5. The minimum atomic E-state index is -3.73. The van der Waals surface area contributed by atoms with E-state index in [-0.39, 0.29) is 16.6 Å². The second-order valence-electron chi connectivity index (χ2n) is 6.96. The molecule has 1 heterocycles. The molecule has 0 spiro atoms. The number of anilines is 1. The Morgan fingerprint density at radius 1 is 1.17 bits per heavy atom. The fourth-order valence-corrected chi connectivity index (χ4v) is 4.11. The smallest absolute Gasteiger partial charge is 0.310 e. The summed E-state index contributed by atoms with van der Waals surface area (Å²) < 4.78 is 25.7. The van der Waals surface area contributed by atoms with E-state index >= 15 is 0 Å². The van der Waals surface area contributed by atoms with Crippen LogP contribution in [0.2, 0.25) is 0 Å². The predicted octanol–water partition coefficient (Wildman–Crippen LogP) is 3.54. The van der Waals surface area contributed by atoms with Gasteiger partial charge in [0.15, 0.2) is 9.84 Å². The maximum Gasteiger partial charge on any atom is 0.310 e. The molecule has 0 saturated carbocycles. The topological polar surface area (TPSA) is 107 Å². The Kier molecular flexibility index (Phi) is 5.69. The van der Waals surface area contributed by atoms with E-state index < -0.39 is 20.4 Å². The van der Waals surface area contributed by atoms with Crippen LogP contribution < -0.4 is 5.32 Å². The van der Waals surface area contributed by atoms with Gasteiger partial charge < -0.3 is 5.32 Å². The van der Waals surface area contributed by atoms with E-state index in [1.54, 1.807) is 0 Å². The van der Waals surface area contributed by atoms with Gasteiger partial charge in [0.2, 0.25) is 0 Å². The molecule has 0 aliphatic carbocycles. The van der Waals surface area contributed by atoms with E-state index in [9.17, 15) is 18.5 Å². The van der Waals surface area contributed by atoms with Crippen LogP contribution in [-0.4, -0.2) is 35.4 Å². The molecule has 8 nitrogen and oxygen atoms in total.